The molecule has 0 N–H and O–H groups in total. The van der Waals surface area contributed by atoms with Gasteiger partial charge in [0, 0.05) is 49.7 Å². The molecule has 0 saturated heterocycles. The summed E-state index contributed by atoms with van der Waals surface area (Å²) >= 11 is 0. The first-order chi connectivity index (χ1) is 34.3. The van der Waals surface area contributed by atoms with Crippen LogP contribution in [0.1, 0.15) is 0 Å². The van der Waals surface area contributed by atoms with Crippen LogP contribution < -0.4 is 126 Å². The van der Waals surface area contributed by atoms with Crippen molar-refractivity contribution >= 4 is 350 Å². The first-order valence-corrected chi connectivity index (χ1v) is 26.3. The summed E-state index contributed by atoms with van der Waals surface area (Å²) in [6.45, 7) is 0. The quantitative estimate of drug-likeness (QED) is 0.161. The largest absolute Gasteiger partial charge is 0.455 e. The van der Waals surface area contributed by atoms with E-state index in [1.807, 2.05) is 0 Å². The zero-order chi connectivity index (χ0) is 53.0. The van der Waals surface area contributed by atoms with Gasteiger partial charge >= 0.3 is 0 Å². The number of hydrogen-bond donors (Lipinski definition) is 0. The minimum absolute atomic E-state index is 0.627. The molecule has 0 aliphatic rings. The predicted octanol–water partition coefficient (Wildman–Crippen LogP) is -28.5. The molecule has 326 valence electrons. The van der Waals surface area contributed by atoms with Crippen molar-refractivity contribution in [3.8, 4) is 51.0 Å². The summed E-state index contributed by atoms with van der Waals surface area (Å²) in [5.41, 5.74) is 40.6. The van der Waals surface area contributed by atoms with Crippen molar-refractivity contribution in [1.82, 2.24) is 19.5 Å². The van der Waals surface area contributed by atoms with E-state index >= 15 is 0 Å². The number of aromatic nitrogens is 4. The highest BCUT2D eigenvalue weighted by Crippen LogP contribution is 2.40. The Balaban J connectivity index is 1.33. The molecule has 0 unspecified atom stereocenters. The highest BCUT2D eigenvalue weighted by Gasteiger charge is 2.28. The molecule has 73 heavy (non-hydrogen) atoms. The van der Waals surface area contributed by atoms with E-state index in [0.717, 1.165) is 49.9 Å². The van der Waals surface area contributed by atoms with E-state index in [0.29, 0.717) is 17.5 Å². The highest BCUT2D eigenvalue weighted by molar-refractivity contribution is 6.74. The second-order valence-electron chi connectivity index (χ2n) is 22.3. The summed E-state index contributed by atoms with van der Waals surface area (Å²) < 4.78 is 9.94. The van der Waals surface area contributed by atoms with Crippen LogP contribution in [0.3, 0.4) is 0 Å². The summed E-state index contributed by atoms with van der Waals surface area (Å²) in [5, 5.41) is 4.85. The van der Waals surface area contributed by atoms with E-state index < -0.39 is 0 Å². The van der Waals surface area contributed by atoms with E-state index in [9.17, 15) is 0 Å². The van der Waals surface area contributed by atoms with Crippen LogP contribution in [0.4, 0.5) is 0 Å². The van der Waals surface area contributed by atoms with Crippen molar-refractivity contribution in [2.75, 3.05) is 0 Å². The zero-order valence-electron chi connectivity index (χ0n) is 48.1. The molecule has 0 amide bonds. The normalized spacial score (nSPS) is 11.7. The standard InChI is InChI=1S/C45H51B23N4O/c46-17-12(18(47)26(55)33(62)25(17)54)10-5-7(72-40-13(19(48)27(56)36(65)38(40)67)14-20(49)28(57)37(66)39(68)41(14)72)4-9-8-2-1-6(3-11(8)73-42(9)10)43-69-44(15-21(50)29(58)34(63)30(59)22(15)51)71-45(70-43)16-23(52)31(60)35(64)32(61)24(16)53/h1-5H,46-68H2. The van der Waals surface area contributed by atoms with Crippen LogP contribution >= 0.6 is 0 Å². The Morgan fingerprint density at radius 2 is 0.658 bits per heavy atom. The number of benzene rings is 7. The van der Waals surface area contributed by atoms with Gasteiger partial charge in [0.05, 0.1) is 0 Å². The third-order valence-corrected chi connectivity index (χ3v) is 19.4. The van der Waals surface area contributed by atoms with E-state index in [-0.39, 0.29) is 0 Å². The number of hydrogen-bond acceptors (Lipinski definition) is 4. The molecule has 0 saturated carbocycles. The maximum absolute atomic E-state index is 7.34. The lowest BCUT2D eigenvalue weighted by molar-refractivity contribution is 0.670. The van der Waals surface area contributed by atoms with Gasteiger partial charge in [0.25, 0.3) is 0 Å². The fourth-order valence-electron chi connectivity index (χ4n) is 12.7. The van der Waals surface area contributed by atoms with Crippen LogP contribution in [-0.4, -0.2) is 200 Å². The van der Waals surface area contributed by atoms with Crippen molar-refractivity contribution in [2.24, 2.45) is 0 Å². The van der Waals surface area contributed by atoms with Gasteiger partial charge < -0.3 is 8.98 Å². The van der Waals surface area contributed by atoms with Gasteiger partial charge in [0.1, 0.15) is 192 Å². The maximum Gasteiger partial charge on any atom is 0.164 e. The molecule has 0 bridgehead atoms. The van der Waals surface area contributed by atoms with Crippen molar-refractivity contribution in [3.63, 3.8) is 0 Å². The van der Waals surface area contributed by atoms with Crippen LogP contribution in [0.15, 0.2) is 34.7 Å². The van der Waals surface area contributed by atoms with E-state index in [1.165, 1.54) is 153 Å². The number of fused-ring (bicyclic) bond motifs is 6. The lowest BCUT2D eigenvalue weighted by atomic mass is 9.59. The Labute approximate surface area is 452 Å². The zero-order valence-corrected chi connectivity index (χ0v) is 48.1. The van der Waals surface area contributed by atoms with Gasteiger partial charge in [0.2, 0.25) is 0 Å². The number of nitrogens with zero attached hydrogens (tertiary/aromatic N) is 4. The van der Waals surface area contributed by atoms with Crippen molar-refractivity contribution in [2.45, 2.75) is 0 Å². The molecule has 3 aromatic heterocycles. The Morgan fingerprint density at radius 1 is 0.315 bits per heavy atom. The smallest absolute Gasteiger partial charge is 0.164 e. The Hall–Kier alpha value is -5.36. The molecule has 0 atom stereocenters. The molecule has 28 heteroatoms. The summed E-state index contributed by atoms with van der Waals surface area (Å²) in [4.78, 5) is 16.3. The number of furan rings is 1. The first-order valence-electron chi connectivity index (χ1n) is 26.3. The van der Waals surface area contributed by atoms with E-state index in [2.05, 4.69) is 215 Å². The monoisotopic (exact) mass is 917 g/mol. The summed E-state index contributed by atoms with van der Waals surface area (Å²) in [6, 6.07) is 11.4. The number of rotatable bonds is 5. The Morgan fingerprint density at radius 3 is 1.07 bits per heavy atom. The van der Waals surface area contributed by atoms with E-state index in [4.69, 9.17) is 19.4 Å². The molecule has 3 heterocycles. The second kappa shape index (κ2) is 17.9. The summed E-state index contributed by atoms with van der Waals surface area (Å²) in [6.07, 6.45) is 0. The van der Waals surface area contributed by atoms with Crippen molar-refractivity contribution < 1.29 is 4.42 Å². The first kappa shape index (κ1) is 51.1. The topological polar surface area (TPSA) is 56.7 Å². The fourth-order valence-corrected chi connectivity index (χ4v) is 12.7. The molecular formula is C45H51B23N4O. The molecule has 0 fully saturated rings. The minimum atomic E-state index is 0.627. The molecule has 0 radical (unpaired) electrons. The molecule has 0 spiro atoms. The summed E-state index contributed by atoms with van der Waals surface area (Å²) in [7, 11) is 52.1. The molecule has 7 aromatic carbocycles. The van der Waals surface area contributed by atoms with Crippen LogP contribution in [0.2, 0.25) is 0 Å². The SMILES string of the molecule is Bc1c(B)c(B)c(-c2nc(-c3ccc4c(c3)oc3c(-c5c(B)c(B)c(B)c(B)c5B)cc(-n5c6c(B)c(B)c(B)c(B)c6c6c(B)c(B)c(B)c(B)c65)cc34)nc(-c3c(B)c(B)c(B)c(B)c3B)n2)c(B)c1B. The van der Waals surface area contributed by atoms with E-state index in [1.54, 1.807) is 0 Å². The highest BCUT2D eigenvalue weighted by atomic mass is 16.3. The lowest BCUT2D eigenvalue weighted by Gasteiger charge is -2.22. The van der Waals surface area contributed by atoms with Gasteiger partial charge in [-0.25, -0.2) is 15.0 Å². The second-order valence-corrected chi connectivity index (χ2v) is 22.3. The van der Waals surface area contributed by atoms with Gasteiger partial charge in [-0.05, 0) is 40.6 Å². The third-order valence-electron chi connectivity index (χ3n) is 19.4. The predicted molar refractivity (Wildman–Crippen MR) is 391 cm³/mol. The molecular weight excluding hydrogens is 861 g/mol. The Kier molecular flexibility index (Phi) is 12.5. The average molecular weight is 913 g/mol. The Bertz CT molecular complexity index is 3960. The van der Waals surface area contributed by atoms with Crippen LogP contribution in [0.25, 0.3) is 94.7 Å². The minimum Gasteiger partial charge on any atom is -0.455 e. The van der Waals surface area contributed by atoms with Gasteiger partial charge in [-0.15, -0.1) is 60.1 Å². The molecule has 5 nitrogen and oxygen atoms in total. The maximum atomic E-state index is 7.34. The third kappa shape index (κ3) is 7.28. The van der Waals surface area contributed by atoms with Crippen molar-refractivity contribution in [3.05, 3.63) is 30.3 Å². The van der Waals surface area contributed by atoms with Crippen LogP contribution in [0, 0.1) is 0 Å². The van der Waals surface area contributed by atoms with Gasteiger partial charge in [0.15, 0.2) is 17.5 Å². The van der Waals surface area contributed by atoms with Gasteiger partial charge in [-0.3, -0.25) is 0 Å². The molecule has 0 aliphatic heterocycles. The molecule has 10 aromatic rings. The molecule has 0 aliphatic carbocycles. The molecule has 10 rings (SSSR count). The van der Waals surface area contributed by atoms with Gasteiger partial charge in [-0.1, -0.05) is 71.6 Å². The fraction of sp³-hybridized carbons (Fsp3) is 0. The van der Waals surface area contributed by atoms with Crippen LogP contribution in [-0.2, 0) is 0 Å². The lowest BCUT2D eigenvalue weighted by Crippen LogP contribution is -2.55. The average Bonchev–Trinajstić information content (AvgIpc) is 3.94. The van der Waals surface area contributed by atoms with Crippen molar-refractivity contribution in [1.29, 1.82) is 0 Å². The van der Waals surface area contributed by atoms with Gasteiger partial charge in [-0.2, -0.15) is 0 Å². The van der Waals surface area contributed by atoms with Crippen LogP contribution in [0.5, 0.6) is 0 Å². The summed E-state index contributed by atoms with van der Waals surface area (Å²) in [5.74, 6) is 2.02.